The fraction of sp³-hybridized carbons (Fsp3) is 0.238. The highest BCUT2D eigenvalue weighted by molar-refractivity contribution is 9.10. The Morgan fingerprint density at radius 1 is 1.04 bits per heavy atom. The predicted octanol–water partition coefficient (Wildman–Crippen LogP) is 5.48. The fourth-order valence-electron chi connectivity index (χ4n) is 2.67. The molecule has 2 amide bonds. The van der Waals surface area contributed by atoms with Gasteiger partial charge in [0, 0.05) is 11.0 Å². The molecule has 0 radical (unpaired) electrons. The number of benzene rings is 2. The van der Waals surface area contributed by atoms with E-state index in [2.05, 4.69) is 15.9 Å². The molecule has 0 saturated carbocycles. The van der Waals surface area contributed by atoms with E-state index in [1.165, 1.54) is 4.90 Å². The number of hydrogen-bond donors (Lipinski definition) is 0. The lowest BCUT2D eigenvalue weighted by molar-refractivity contribution is -0.122. The minimum absolute atomic E-state index is 0.238. The standard InChI is InChI=1S/C21H20BrNO4S/c1-3-23-20(24)19(28-21(23)25)12-15-7-10-17(18(11-15)26-4-2)27-13-14-5-8-16(22)9-6-14/h5-12H,3-4,13H2,1-2H3. The van der Waals surface area contributed by atoms with Gasteiger partial charge in [-0.15, -0.1) is 0 Å². The number of halogens is 1. The van der Waals surface area contributed by atoms with Gasteiger partial charge in [-0.25, -0.2) is 0 Å². The van der Waals surface area contributed by atoms with E-state index in [1.807, 2.05) is 49.4 Å². The Labute approximate surface area is 176 Å². The molecule has 0 N–H and O–H groups in total. The first-order valence-corrected chi connectivity index (χ1v) is 10.5. The van der Waals surface area contributed by atoms with Gasteiger partial charge in [0.05, 0.1) is 11.5 Å². The Bertz CT molecular complexity index is 911. The van der Waals surface area contributed by atoms with Crippen molar-refractivity contribution in [2.75, 3.05) is 13.2 Å². The summed E-state index contributed by atoms with van der Waals surface area (Å²) in [7, 11) is 0. The summed E-state index contributed by atoms with van der Waals surface area (Å²) in [6.45, 7) is 4.96. The van der Waals surface area contributed by atoms with Crippen LogP contribution in [-0.4, -0.2) is 29.2 Å². The highest BCUT2D eigenvalue weighted by Crippen LogP contribution is 2.34. The molecule has 0 spiro atoms. The fourth-order valence-corrected chi connectivity index (χ4v) is 3.83. The molecule has 0 aliphatic carbocycles. The molecular formula is C21H20BrNO4S. The molecule has 5 nitrogen and oxygen atoms in total. The van der Waals surface area contributed by atoms with Crippen molar-refractivity contribution in [1.82, 2.24) is 4.90 Å². The van der Waals surface area contributed by atoms with Crippen LogP contribution in [0.3, 0.4) is 0 Å². The third-order valence-corrected chi connectivity index (χ3v) is 5.50. The minimum atomic E-state index is -0.258. The number of carbonyl (C=O) groups excluding carboxylic acids is 2. The van der Waals surface area contributed by atoms with Gasteiger partial charge in [-0.2, -0.15) is 0 Å². The summed E-state index contributed by atoms with van der Waals surface area (Å²) < 4.78 is 12.6. The van der Waals surface area contributed by atoms with Gasteiger partial charge >= 0.3 is 0 Å². The van der Waals surface area contributed by atoms with Gasteiger partial charge in [0.2, 0.25) is 0 Å². The molecule has 3 rings (SSSR count). The lowest BCUT2D eigenvalue weighted by Gasteiger charge is -2.13. The van der Waals surface area contributed by atoms with E-state index in [-0.39, 0.29) is 11.1 Å². The van der Waals surface area contributed by atoms with Gasteiger partial charge in [0.15, 0.2) is 11.5 Å². The molecule has 0 aromatic heterocycles. The van der Waals surface area contributed by atoms with Crippen LogP contribution in [0.2, 0.25) is 0 Å². The topological polar surface area (TPSA) is 55.8 Å². The molecule has 1 aliphatic rings. The Morgan fingerprint density at radius 2 is 1.79 bits per heavy atom. The third-order valence-electron chi connectivity index (χ3n) is 4.06. The van der Waals surface area contributed by atoms with Crippen LogP contribution in [0.15, 0.2) is 51.8 Å². The Kier molecular flexibility index (Phi) is 6.80. The molecule has 1 saturated heterocycles. The summed E-state index contributed by atoms with van der Waals surface area (Å²) in [5.41, 5.74) is 1.82. The molecule has 2 aromatic rings. The molecule has 0 unspecified atom stereocenters. The zero-order chi connectivity index (χ0) is 20.1. The zero-order valence-electron chi connectivity index (χ0n) is 15.6. The van der Waals surface area contributed by atoms with E-state index in [4.69, 9.17) is 9.47 Å². The number of rotatable bonds is 7. The maximum absolute atomic E-state index is 12.3. The van der Waals surface area contributed by atoms with E-state index in [0.29, 0.717) is 36.2 Å². The first-order valence-electron chi connectivity index (χ1n) is 8.91. The molecular weight excluding hydrogens is 442 g/mol. The lowest BCUT2D eigenvalue weighted by atomic mass is 10.1. The Hall–Kier alpha value is -2.25. The molecule has 1 heterocycles. The van der Waals surface area contributed by atoms with Crippen molar-refractivity contribution in [3.8, 4) is 11.5 Å². The van der Waals surface area contributed by atoms with Crippen molar-refractivity contribution in [3.05, 3.63) is 63.0 Å². The number of imide groups is 1. The number of ether oxygens (including phenoxy) is 2. The molecule has 1 fully saturated rings. The zero-order valence-corrected chi connectivity index (χ0v) is 18.0. The minimum Gasteiger partial charge on any atom is -0.490 e. The molecule has 7 heteroatoms. The summed E-state index contributed by atoms with van der Waals surface area (Å²) in [6.07, 6.45) is 1.71. The van der Waals surface area contributed by atoms with Crippen molar-refractivity contribution < 1.29 is 19.1 Å². The van der Waals surface area contributed by atoms with Crippen LogP contribution in [0.1, 0.15) is 25.0 Å². The summed E-state index contributed by atoms with van der Waals surface area (Å²) in [5.74, 6) is 0.970. The lowest BCUT2D eigenvalue weighted by Crippen LogP contribution is -2.27. The first-order chi connectivity index (χ1) is 13.5. The van der Waals surface area contributed by atoms with Gasteiger partial charge in [-0.05, 0) is 67.1 Å². The van der Waals surface area contributed by atoms with Gasteiger partial charge in [-0.1, -0.05) is 34.1 Å². The van der Waals surface area contributed by atoms with Crippen molar-refractivity contribution in [2.45, 2.75) is 20.5 Å². The molecule has 1 aliphatic heterocycles. The van der Waals surface area contributed by atoms with Crippen LogP contribution in [0.4, 0.5) is 4.79 Å². The molecule has 0 bridgehead atoms. The van der Waals surface area contributed by atoms with Crippen LogP contribution >= 0.6 is 27.7 Å². The monoisotopic (exact) mass is 461 g/mol. The smallest absolute Gasteiger partial charge is 0.293 e. The van der Waals surface area contributed by atoms with E-state index >= 15 is 0 Å². The summed E-state index contributed by atoms with van der Waals surface area (Å²) >= 11 is 4.37. The second-order valence-electron chi connectivity index (χ2n) is 5.98. The van der Waals surface area contributed by atoms with E-state index in [0.717, 1.165) is 27.4 Å². The van der Waals surface area contributed by atoms with Crippen LogP contribution in [0.5, 0.6) is 11.5 Å². The van der Waals surface area contributed by atoms with Crippen molar-refractivity contribution in [3.63, 3.8) is 0 Å². The van der Waals surface area contributed by atoms with E-state index < -0.39 is 0 Å². The SMILES string of the molecule is CCOc1cc(C=C2SC(=O)N(CC)C2=O)ccc1OCc1ccc(Br)cc1. The van der Waals surface area contributed by atoms with Crippen LogP contribution in [-0.2, 0) is 11.4 Å². The largest absolute Gasteiger partial charge is 0.490 e. The number of hydrogen-bond acceptors (Lipinski definition) is 5. The van der Waals surface area contributed by atoms with Crippen molar-refractivity contribution in [2.24, 2.45) is 0 Å². The van der Waals surface area contributed by atoms with Crippen LogP contribution < -0.4 is 9.47 Å². The molecule has 0 atom stereocenters. The van der Waals surface area contributed by atoms with Gasteiger partial charge < -0.3 is 9.47 Å². The third kappa shape index (κ3) is 4.77. The second-order valence-corrected chi connectivity index (χ2v) is 7.89. The summed E-state index contributed by atoms with van der Waals surface area (Å²) in [4.78, 5) is 25.8. The Balaban J connectivity index is 1.79. The number of nitrogens with zero attached hydrogens (tertiary/aromatic N) is 1. The van der Waals surface area contributed by atoms with Crippen LogP contribution in [0.25, 0.3) is 6.08 Å². The number of amides is 2. The first kappa shape index (κ1) is 20.5. The van der Waals surface area contributed by atoms with Crippen molar-refractivity contribution in [1.29, 1.82) is 0 Å². The van der Waals surface area contributed by atoms with Crippen LogP contribution in [0, 0.1) is 0 Å². The predicted molar refractivity (Wildman–Crippen MR) is 114 cm³/mol. The van der Waals surface area contributed by atoms with Gasteiger partial charge in [0.25, 0.3) is 11.1 Å². The van der Waals surface area contributed by atoms with E-state index in [1.54, 1.807) is 13.0 Å². The summed E-state index contributed by atoms with van der Waals surface area (Å²) in [6, 6.07) is 13.4. The number of thioether (sulfide) groups is 1. The maximum atomic E-state index is 12.3. The average Bonchev–Trinajstić information content (AvgIpc) is 2.95. The maximum Gasteiger partial charge on any atom is 0.293 e. The van der Waals surface area contributed by atoms with Crippen molar-refractivity contribution >= 4 is 44.9 Å². The average molecular weight is 462 g/mol. The normalized spacial score (nSPS) is 15.4. The number of carbonyl (C=O) groups is 2. The second kappa shape index (κ2) is 9.30. The van der Waals surface area contributed by atoms with Gasteiger partial charge in [-0.3, -0.25) is 14.5 Å². The highest BCUT2D eigenvalue weighted by atomic mass is 79.9. The Morgan fingerprint density at radius 3 is 2.43 bits per heavy atom. The summed E-state index contributed by atoms with van der Waals surface area (Å²) in [5, 5.41) is -0.238. The molecule has 2 aromatic carbocycles. The quantitative estimate of drug-likeness (QED) is 0.510. The molecule has 146 valence electrons. The van der Waals surface area contributed by atoms with E-state index in [9.17, 15) is 9.59 Å². The molecule has 28 heavy (non-hydrogen) atoms. The number of likely N-dealkylation sites (N-methyl/N-ethyl adjacent to an activating group) is 1. The van der Waals surface area contributed by atoms with Gasteiger partial charge in [0.1, 0.15) is 6.61 Å². The highest BCUT2D eigenvalue weighted by Gasteiger charge is 2.33.